The number of aromatic nitrogens is 3. The zero-order valence-corrected chi connectivity index (χ0v) is 15.7. The highest BCUT2D eigenvalue weighted by Gasteiger charge is 2.18. The Morgan fingerprint density at radius 2 is 1.79 bits per heavy atom. The Labute approximate surface area is 160 Å². The summed E-state index contributed by atoms with van der Waals surface area (Å²) in [7, 11) is 0. The predicted molar refractivity (Wildman–Crippen MR) is 106 cm³/mol. The van der Waals surface area contributed by atoms with E-state index in [2.05, 4.69) is 15.6 Å². The van der Waals surface area contributed by atoms with Crippen LogP contribution in [0.4, 0.5) is 5.69 Å². The summed E-state index contributed by atoms with van der Waals surface area (Å²) in [6.45, 7) is 5.50. The van der Waals surface area contributed by atoms with Gasteiger partial charge in [0.2, 0.25) is 0 Å². The van der Waals surface area contributed by atoms with Crippen LogP contribution in [0.15, 0.2) is 57.7 Å². The van der Waals surface area contributed by atoms with Crippen LogP contribution in [0, 0.1) is 20.8 Å². The van der Waals surface area contributed by atoms with Gasteiger partial charge in [-0.1, -0.05) is 22.9 Å². The number of amides is 1. The molecule has 28 heavy (non-hydrogen) atoms. The van der Waals surface area contributed by atoms with E-state index in [1.807, 2.05) is 31.2 Å². The topological polar surface area (TPSA) is 90.0 Å². The van der Waals surface area contributed by atoms with Crippen molar-refractivity contribution in [1.82, 2.24) is 15.0 Å². The van der Waals surface area contributed by atoms with E-state index in [0.29, 0.717) is 28.1 Å². The third-order valence-corrected chi connectivity index (χ3v) is 4.50. The lowest BCUT2D eigenvalue weighted by Crippen LogP contribution is -2.14. The van der Waals surface area contributed by atoms with E-state index in [-0.39, 0.29) is 17.0 Å². The number of rotatable bonds is 3. The largest absolute Gasteiger partial charge is 0.461 e. The van der Waals surface area contributed by atoms with Gasteiger partial charge < -0.3 is 9.73 Å². The second-order valence-corrected chi connectivity index (χ2v) is 6.66. The van der Waals surface area contributed by atoms with E-state index < -0.39 is 0 Å². The summed E-state index contributed by atoms with van der Waals surface area (Å²) in [5, 5.41) is 11.4. The molecule has 0 saturated heterocycles. The van der Waals surface area contributed by atoms with E-state index in [1.165, 1.54) is 6.07 Å². The molecule has 0 aliphatic carbocycles. The highest BCUT2D eigenvalue weighted by molar-refractivity contribution is 6.04. The van der Waals surface area contributed by atoms with Crippen LogP contribution >= 0.6 is 0 Å². The van der Waals surface area contributed by atoms with Crippen molar-refractivity contribution in [2.24, 2.45) is 0 Å². The maximum Gasteiger partial charge on any atom is 0.278 e. The van der Waals surface area contributed by atoms with Crippen LogP contribution in [0.5, 0.6) is 0 Å². The van der Waals surface area contributed by atoms with Crippen molar-refractivity contribution in [3.8, 4) is 5.69 Å². The van der Waals surface area contributed by atoms with Gasteiger partial charge in [-0.15, -0.1) is 5.10 Å². The van der Waals surface area contributed by atoms with Gasteiger partial charge in [0.1, 0.15) is 11.3 Å². The molecule has 0 spiro atoms. The molecule has 1 N–H and O–H groups in total. The van der Waals surface area contributed by atoms with Crippen molar-refractivity contribution in [2.45, 2.75) is 20.8 Å². The third-order valence-electron chi connectivity index (χ3n) is 4.50. The van der Waals surface area contributed by atoms with E-state index >= 15 is 0 Å². The number of benzene rings is 2. The Hall–Kier alpha value is -3.74. The Kier molecular flexibility index (Phi) is 4.27. The molecule has 7 nitrogen and oxygen atoms in total. The summed E-state index contributed by atoms with van der Waals surface area (Å²) in [5.74, 6) is 0.128. The molecule has 2 aromatic heterocycles. The van der Waals surface area contributed by atoms with E-state index in [0.717, 1.165) is 11.3 Å². The lowest BCUT2D eigenvalue weighted by Gasteiger charge is -2.06. The molecule has 2 aromatic carbocycles. The van der Waals surface area contributed by atoms with Crippen molar-refractivity contribution >= 4 is 22.6 Å². The lowest BCUT2D eigenvalue weighted by atomic mass is 10.2. The van der Waals surface area contributed by atoms with Gasteiger partial charge in [-0.25, -0.2) is 4.68 Å². The van der Waals surface area contributed by atoms with Gasteiger partial charge in [-0.3, -0.25) is 9.59 Å². The molecule has 4 rings (SSSR count). The summed E-state index contributed by atoms with van der Waals surface area (Å²) in [6.07, 6.45) is 0. The molecule has 0 atom stereocenters. The molecule has 0 unspecified atom stereocenters. The quantitative estimate of drug-likeness (QED) is 0.592. The van der Waals surface area contributed by atoms with Gasteiger partial charge in [0.05, 0.1) is 16.8 Å². The standard InChI is InChI=1S/C21H18N4O3/c1-12-4-7-16(8-5-12)25-14(3)20(23-24-25)21(27)22-15-6-9-17-18(26)10-13(2)28-19(17)11-15/h4-11H,1-3H3,(H,22,27). The normalized spacial score (nSPS) is 11.0. The number of aryl methyl sites for hydroxylation is 2. The number of hydrogen-bond acceptors (Lipinski definition) is 5. The number of carbonyl (C=O) groups is 1. The smallest absolute Gasteiger partial charge is 0.278 e. The Morgan fingerprint density at radius 3 is 2.54 bits per heavy atom. The first-order valence-electron chi connectivity index (χ1n) is 8.77. The molecule has 0 aliphatic rings. The molecule has 0 saturated carbocycles. The van der Waals surface area contributed by atoms with Crippen LogP contribution in [0.3, 0.4) is 0 Å². The average molecular weight is 374 g/mol. The summed E-state index contributed by atoms with van der Waals surface area (Å²) in [6, 6.07) is 14.1. The maximum atomic E-state index is 12.7. The van der Waals surface area contributed by atoms with Gasteiger partial charge in [-0.2, -0.15) is 0 Å². The number of fused-ring (bicyclic) bond motifs is 1. The summed E-state index contributed by atoms with van der Waals surface area (Å²) in [4.78, 5) is 24.7. The number of nitrogens with one attached hydrogen (secondary N) is 1. The second kappa shape index (κ2) is 6.77. The minimum absolute atomic E-state index is 0.117. The van der Waals surface area contributed by atoms with Gasteiger partial charge in [0.15, 0.2) is 11.1 Å². The molecular weight excluding hydrogens is 356 g/mol. The van der Waals surface area contributed by atoms with Gasteiger partial charge in [0, 0.05) is 17.8 Å². The zero-order chi connectivity index (χ0) is 19.8. The fourth-order valence-corrected chi connectivity index (χ4v) is 3.01. The molecule has 2 heterocycles. The van der Waals surface area contributed by atoms with Gasteiger partial charge in [0.25, 0.3) is 5.91 Å². The number of nitrogens with zero attached hydrogens (tertiary/aromatic N) is 3. The number of carbonyl (C=O) groups excluding carboxylic acids is 1. The Balaban J connectivity index is 1.63. The van der Waals surface area contributed by atoms with Crippen LogP contribution in [0.25, 0.3) is 16.7 Å². The van der Waals surface area contributed by atoms with E-state index in [4.69, 9.17) is 4.42 Å². The average Bonchev–Trinajstić information content (AvgIpc) is 3.03. The lowest BCUT2D eigenvalue weighted by molar-refractivity contribution is 0.102. The zero-order valence-electron chi connectivity index (χ0n) is 15.7. The molecule has 1 amide bonds. The monoisotopic (exact) mass is 374 g/mol. The van der Waals surface area contributed by atoms with E-state index in [1.54, 1.807) is 36.7 Å². The van der Waals surface area contributed by atoms with Gasteiger partial charge >= 0.3 is 0 Å². The van der Waals surface area contributed by atoms with Crippen LogP contribution in [-0.2, 0) is 0 Å². The molecule has 4 aromatic rings. The Morgan fingerprint density at radius 1 is 1.04 bits per heavy atom. The minimum Gasteiger partial charge on any atom is -0.461 e. The van der Waals surface area contributed by atoms with Gasteiger partial charge in [-0.05, 0) is 45.0 Å². The van der Waals surface area contributed by atoms with E-state index in [9.17, 15) is 9.59 Å². The summed E-state index contributed by atoms with van der Waals surface area (Å²) in [5.41, 5.74) is 3.64. The highest BCUT2D eigenvalue weighted by Crippen LogP contribution is 2.19. The van der Waals surface area contributed by atoms with Crippen LogP contribution in [0.2, 0.25) is 0 Å². The van der Waals surface area contributed by atoms with Crippen LogP contribution in [0.1, 0.15) is 27.5 Å². The number of anilines is 1. The second-order valence-electron chi connectivity index (χ2n) is 6.66. The molecule has 0 radical (unpaired) electrons. The first kappa shape index (κ1) is 17.7. The highest BCUT2D eigenvalue weighted by atomic mass is 16.3. The van der Waals surface area contributed by atoms with Crippen molar-refractivity contribution in [3.63, 3.8) is 0 Å². The third kappa shape index (κ3) is 3.18. The SMILES string of the molecule is Cc1ccc(-n2nnc(C(=O)Nc3ccc4c(=O)cc(C)oc4c3)c2C)cc1. The Bertz CT molecular complexity index is 1250. The van der Waals surface area contributed by atoms with Crippen LogP contribution in [-0.4, -0.2) is 20.9 Å². The number of hydrogen-bond donors (Lipinski definition) is 1. The molecule has 7 heteroatoms. The molecule has 0 bridgehead atoms. The van der Waals surface area contributed by atoms with Crippen molar-refractivity contribution in [2.75, 3.05) is 5.32 Å². The summed E-state index contributed by atoms with van der Waals surface area (Å²) < 4.78 is 7.20. The van der Waals surface area contributed by atoms with Crippen LogP contribution < -0.4 is 10.7 Å². The van der Waals surface area contributed by atoms with Crippen molar-refractivity contribution < 1.29 is 9.21 Å². The van der Waals surface area contributed by atoms with Crippen molar-refractivity contribution in [1.29, 1.82) is 0 Å². The molecule has 0 fully saturated rings. The van der Waals surface area contributed by atoms with Crippen molar-refractivity contribution in [3.05, 3.63) is 81.5 Å². The first-order chi connectivity index (χ1) is 13.4. The fraction of sp³-hybridized carbons (Fsp3) is 0.143. The maximum absolute atomic E-state index is 12.7. The minimum atomic E-state index is -0.384. The molecular formula is C21H18N4O3. The molecule has 140 valence electrons. The summed E-state index contributed by atoms with van der Waals surface area (Å²) >= 11 is 0. The predicted octanol–water partition coefficient (Wildman–Crippen LogP) is 3.55. The first-order valence-corrected chi connectivity index (χ1v) is 8.77. The molecule has 0 aliphatic heterocycles. The fourth-order valence-electron chi connectivity index (χ4n) is 3.01.